The zero-order chi connectivity index (χ0) is 25.8. The van der Waals surface area contributed by atoms with Crippen molar-refractivity contribution in [3.8, 4) is 0 Å². The average Bonchev–Trinajstić information content (AvgIpc) is 3.40. The van der Waals surface area contributed by atoms with E-state index in [4.69, 9.17) is 10.5 Å². The summed E-state index contributed by atoms with van der Waals surface area (Å²) >= 11 is 0. The number of hydrogen-bond donors (Lipinski definition) is 1. The Balaban J connectivity index is 1.20. The minimum absolute atomic E-state index is 0.0709. The number of nitrogens with two attached hydrogens (primary N) is 1. The summed E-state index contributed by atoms with van der Waals surface area (Å²) in [6.07, 6.45) is -4.81. The number of rotatable bonds is 4. The number of benzene rings is 2. The Bertz CT molecular complexity index is 1280. The first-order valence-corrected chi connectivity index (χ1v) is 12.8. The van der Waals surface area contributed by atoms with Gasteiger partial charge in [0.25, 0.3) is 0 Å². The Morgan fingerprint density at radius 2 is 1.58 bits per heavy atom. The molecule has 2 aromatic carbocycles. The SMILES string of the molecule is NC1CC(N2CC3=C(C2)CN(S(=O)(=O)c2ccc(C(F)(F)F)cc2)C3)COC1c1cc(F)ccc1F. The number of hydrogen-bond acceptors (Lipinski definition) is 5. The Labute approximate surface area is 205 Å². The van der Waals surface area contributed by atoms with Crippen LogP contribution in [0.4, 0.5) is 22.0 Å². The maximum atomic E-state index is 14.2. The predicted octanol–water partition coefficient (Wildman–Crippen LogP) is 3.46. The molecule has 6 nitrogen and oxygen atoms in total. The molecule has 36 heavy (non-hydrogen) atoms. The third-order valence-corrected chi connectivity index (χ3v) is 8.83. The molecule has 3 heterocycles. The number of halogens is 5. The van der Waals surface area contributed by atoms with Crippen molar-refractivity contribution in [3.05, 3.63) is 76.4 Å². The summed E-state index contributed by atoms with van der Waals surface area (Å²) in [7, 11) is -3.94. The quantitative estimate of drug-likeness (QED) is 0.485. The molecule has 0 spiro atoms. The Morgan fingerprint density at radius 3 is 2.17 bits per heavy atom. The van der Waals surface area contributed by atoms with E-state index < -0.39 is 45.5 Å². The van der Waals surface area contributed by atoms with E-state index in [1.165, 1.54) is 4.31 Å². The van der Waals surface area contributed by atoms with Gasteiger partial charge in [0.05, 0.1) is 17.1 Å². The highest BCUT2D eigenvalue weighted by molar-refractivity contribution is 7.89. The Hall–Kier alpha value is -2.38. The van der Waals surface area contributed by atoms with Gasteiger partial charge in [0.2, 0.25) is 10.0 Å². The lowest BCUT2D eigenvalue weighted by molar-refractivity contribution is -0.137. The van der Waals surface area contributed by atoms with Crippen LogP contribution in [0.15, 0.2) is 58.5 Å². The van der Waals surface area contributed by atoms with Gasteiger partial charge in [-0.25, -0.2) is 17.2 Å². The molecule has 3 aliphatic heterocycles. The fraction of sp³-hybridized carbons (Fsp3) is 0.417. The van der Waals surface area contributed by atoms with Gasteiger partial charge < -0.3 is 10.5 Å². The third kappa shape index (κ3) is 4.68. The second-order valence-corrected chi connectivity index (χ2v) is 11.3. The third-order valence-electron chi connectivity index (χ3n) is 7.02. The molecule has 0 bridgehead atoms. The number of alkyl halides is 3. The van der Waals surface area contributed by atoms with Crippen LogP contribution in [-0.2, 0) is 20.9 Å². The highest BCUT2D eigenvalue weighted by Crippen LogP contribution is 2.36. The van der Waals surface area contributed by atoms with Crippen molar-refractivity contribution < 1.29 is 35.1 Å². The molecular weight excluding hydrogens is 505 g/mol. The van der Waals surface area contributed by atoms with Gasteiger partial charge in [-0.15, -0.1) is 0 Å². The van der Waals surface area contributed by atoms with Crippen molar-refractivity contribution in [2.75, 3.05) is 32.8 Å². The van der Waals surface area contributed by atoms with Crippen molar-refractivity contribution in [2.24, 2.45) is 5.73 Å². The molecule has 5 rings (SSSR count). The van der Waals surface area contributed by atoms with Crippen LogP contribution in [0.3, 0.4) is 0 Å². The average molecular weight is 530 g/mol. The van der Waals surface area contributed by atoms with E-state index in [2.05, 4.69) is 4.90 Å². The van der Waals surface area contributed by atoms with Gasteiger partial charge in [0.15, 0.2) is 0 Å². The molecule has 3 unspecified atom stereocenters. The molecule has 1 saturated heterocycles. The Morgan fingerprint density at radius 1 is 0.944 bits per heavy atom. The fourth-order valence-corrected chi connectivity index (χ4v) is 6.55. The largest absolute Gasteiger partial charge is 0.416 e. The topological polar surface area (TPSA) is 75.9 Å². The van der Waals surface area contributed by atoms with E-state index in [1.54, 1.807) is 0 Å². The Kier molecular flexibility index (Phi) is 6.44. The van der Waals surface area contributed by atoms with E-state index in [-0.39, 0.29) is 36.2 Å². The van der Waals surface area contributed by atoms with Crippen LogP contribution in [0.25, 0.3) is 0 Å². The van der Waals surface area contributed by atoms with Crippen molar-refractivity contribution >= 4 is 10.0 Å². The van der Waals surface area contributed by atoms with Gasteiger partial charge >= 0.3 is 6.18 Å². The lowest BCUT2D eigenvalue weighted by Crippen LogP contribution is -2.49. The van der Waals surface area contributed by atoms with Crippen molar-refractivity contribution in [3.63, 3.8) is 0 Å². The van der Waals surface area contributed by atoms with Gasteiger partial charge in [-0.1, -0.05) is 0 Å². The van der Waals surface area contributed by atoms with Crippen LogP contribution in [0.5, 0.6) is 0 Å². The first-order valence-electron chi connectivity index (χ1n) is 11.4. The lowest BCUT2D eigenvalue weighted by Gasteiger charge is -2.39. The van der Waals surface area contributed by atoms with E-state index in [0.29, 0.717) is 19.5 Å². The number of ether oxygens (including phenoxy) is 1. The standard InChI is InChI=1S/C24H24F5N3O3S/c25-17-3-6-21(26)20(7-17)23-22(30)8-18(13-35-23)31-9-14-11-32(12-15(14)10-31)36(33,34)19-4-1-16(2-5-19)24(27,28)29/h1-7,18,22-23H,8-13,30H2. The second kappa shape index (κ2) is 9.18. The van der Waals surface area contributed by atoms with Crippen LogP contribution >= 0.6 is 0 Å². The van der Waals surface area contributed by atoms with E-state index in [9.17, 15) is 30.4 Å². The molecule has 194 valence electrons. The van der Waals surface area contributed by atoms with Gasteiger partial charge in [0.1, 0.15) is 17.7 Å². The molecule has 3 atom stereocenters. The number of nitrogens with zero attached hydrogens (tertiary/aromatic N) is 2. The van der Waals surface area contributed by atoms with Gasteiger partial charge in [-0.2, -0.15) is 17.5 Å². The first kappa shape index (κ1) is 25.3. The summed E-state index contributed by atoms with van der Waals surface area (Å²) in [5.41, 5.74) is 7.34. The summed E-state index contributed by atoms with van der Waals surface area (Å²) in [5, 5.41) is 0. The molecule has 0 aliphatic carbocycles. The fourth-order valence-electron chi connectivity index (χ4n) is 5.12. The molecule has 0 saturated carbocycles. The molecule has 2 aromatic rings. The van der Waals surface area contributed by atoms with Crippen molar-refractivity contribution in [1.29, 1.82) is 0 Å². The predicted molar refractivity (Wildman–Crippen MR) is 120 cm³/mol. The normalized spacial score (nSPS) is 26.0. The van der Waals surface area contributed by atoms with Crippen LogP contribution in [0.1, 0.15) is 23.7 Å². The summed E-state index contributed by atoms with van der Waals surface area (Å²) in [5.74, 6) is -1.15. The molecule has 0 radical (unpaired) electrons. The monoisotopic (exact) mass is 529 g/mol. The molecule has 1 fully saturated rings. The molecule has 3 aliphatic rings. The van der Waals surface area contributed by atoms with Gasteiger partial charge in [0, 0.05) is 43.8 Å². The maximum absolute atomic E-state index is 14.2. The first-order chi connectivity index (χ1) is 16.9. The van der Waals surface area contributed by atoms with Crippen molar-refractivity contribution in [2.45, 2.75) is 35.7 Å². The van der Waals surface area contributed by atoms with Crippen molar-refractivity contribution in [1.82, 2.24) is 9.21 Å². The van der Waals surface area contributed by atoms with E-state index in [1.807, 2.05) is 0 Å². The smallest absolute Gasteiger partial charge is 0.370 e. The van der Waals surface area contributed by atoms with E-state index >= 15 is 0 Å². The zero-order valence-corrected chi connectivity index (χ0v) is 19.8. The summed E-state index contributed by atoms with van der Waals surface area (Å²) in [4.78, 5) is 1.95. The molecule has 0 aromatic heterocycles. The molecule has 2 N–H and O–H groups in total. The van der Waals surface area contributed by atoms with Crippen LogP contribution in [0.2, 0.25) is 0 Å². The highest BCUT2D eigenvalue weighted by atomic mass is 32.2. The summed E-state index contributed by atoms with van der Waals surface area (Å²) in [6.45, 7) is 1.60. The summed E-state index contributed by atoms with van der Waals surface area (Å²) in [6, 6.07) is 6.05. The molecular formula is C24H24F5N3O3S. The van der Waals surface area contributed by atoms with Crippen LogP contribution < -0.4 is 5.73 Å². The number of sulfonamides is 1. The zero-order valence-electron chi connectivity index (χ0n) is 19.0. The van der Waals surface area contributed by atoms with Crippen LogP contribution in [-0.4, -0.2) is 62.5 Å². The van der Waals surface area contributed by atoms with Gasteiger partial charge in [-0.3, -0.25) is 4.90 Å². The van der Waals surface area contributed by atoms with Crippen LogP contribution in [0, 0.1) is 11.6 Å². The molecule has 12 heteroatoms. The highest BCUT2D eigenvalue weighted by Gasteiger charge is 2.41. The minimum Gasteiger partial charge on any atom is -0.370 e. The molecule has 0 amide bonds. The van der Waals surface area contributed by atoms with Gasteiger partial charge in [-0.05, 0) is 60.0 Å². The second-order valence-electron chi connectivity index (χ2n) is 9.38. The van der Waals surface area contributed by atoms with E-state index in [0.717, 1.165) is 53.6 Å². The summed E-state index contributed by atoms with van der Waals surface area (Å²) < 4.78 is 99.3. The maximum Gasteiger partial charge on any atom is 0.416 e. The lowest BCUT2D eigenvalue weighted by atomic mass is 9.93. The minimum atomic E-state index is -4.54.